The molecule has 0 bridgehead atoms. The summed E-state index contributed by atoms with van der Waals surface area (Å²) in [5.74, 6) is -2.93. The molecule has 0 saturated carbocycles. The van der Waals surface area contributed by atoms with Gasteiger partial charge in [-0.25, -0.2) is 14.2 Å². The van der Waals surface area contributed by atoms with Gasteiger partial charge in [0, 0.05) is 50.3 Å². The van der Waals surface area contributed by atoms with Crippen molar-refractivity contribution in [2.45, 2.75) is 32.7 Å². The summed E-state index contributed by atoms with van der Waals surface area (Å²) in [6.07, 6.45) is -2.06. The van der Waals surface area contributed by atoms with Crippen LogP contribution >= 0.6 is 0 Å². The Hall–Kier alpha value is -4.65. The predicted octanol–water partition coefficient (Wildman–Crippen LogP) is 5.35. The van der Waals surface area contributed by atoms with Crippen molar-refractivity contribution in [3.63, 3.8) is 0 Å². The number of hydrogen-bond donors (Lipinski definition) is 1. The van der Waals surface area contributed by atoms with Gasteiger partial charge in [0.1, 0.15) is 22.6 Å². The number of alkyl halides is 3. The molecule has 0 atom stereocenters. The zero-order valence-corrected chi connectivity index (χ0v) is 24.5. The number of hydrogen-bond acceptors (Lipinski definition) is 7. The molecule has 0 aliphatic carbocycles. The van der Waals surface area contributed by atoms with E-state index in [4.69, 9.17) is 0 Å². The van der Waals surface area contributed by atoms with Crippen molar-refractivity contribution in [1.82, 2.24) is 14.5 Å². The molecule has 0 radical (unpaired) electrons. The average molecular weight is 626 g/mol. The number of likely N-dealkylation sites (tertiary alicyclic amines) is 1. The van der Waals surface area contributed by atoms with E-state index in [0.29, 0.717) is 25.5 Å². The molecule has 2 fully saturated rings. The van der Waals surface area contributed by atoms with E-state index in [-0.39, 0.29) is 24.3 Å². The minimum atomic E-state index is -5.24. The van der Waals surface area contributed by atoms with Crippen LogP contribution in [-0.2, 0) is 6.54 Å². The van der Waals surface area contributed by atoms with E-state index in [0.717, 1.165) is 54.0 Å². The molecule has 1 N–H and O–H groups in total. The Balaban J connectivity index is 1.48. The van der Waals surface area contributed by atoms with Gasteiger partial charge in [-0.05, 0) is 68.8 Å². The van der Waals surface area contributed by atoms with Crippen LogP contribution in [0.15, 0.2) is 59.5 Å². The summed E-state index contributed by atoms with van der Waals surface area (Å²) in [5.41, 5.74) is -0.622. The van der Waals surface area contributed by atoms with Crippen LogP contribution in [0, 0.1) is 12.7 Å². The maximum absolute atomic E-state index is 15.9. The molecule has 2 saturated heterocycles. The van der Waals surface area contributed by atoms with Gasteiger partial charge in [-0.15, -0.1) is 13.2 Å². The lowest BCUT2D eigenvalue weighted by atomic mass is 10.1. The average Bonchev–Trinajstić information content (AvgIpc) is 3.50. The first-order chi connectivity index (χ1) is 21.5. The Labute approximate surface area is 255 Å². The van der Waals surface area contributed by atoms with Crippen LogP contribution in [-0.4, -0.2) is 71.2 Å². The van der Waals surface area contributed by atoms with Crippen LogP contribution in [0.2, 0.25) is 0 Å². The van der Waals surface area contributed by atoms with Gasteiger partial charge in [-0.1, -0.05) is 18.2 Å². The Bertz CT molecular complexity index is 1800. The van der Waals surface area contributed by atoms with E-state index in [1.807, 2.05) is 30.0 Å². The van der Waals surface area contributed by atoms with Crippen molar-refractivity contribution in [3.05, 3.63) is 87.6 Å². The van der Waals surface area contributed by atoms with Gasteiger partial charge in [0.15, 0.2) is 11.6 Å². The Morgan fingerprint density at radius 2 is 1.64 bits per heavy atom. The normalized spacial score (nSPS) is 16.0. The Morgan fingerprint density at radius 1 is 0.978 bits per heavy atom. The van der Waals surface area contributed by atoms with Crippen molar-refractivity contribution in [2.24, 2.45) is 0 Å². The first kappa shape index (κ1) is 30.4. The second kappa shape index (κ2) is 12.0. The van der Waals surface area contributed by atoms with Crippen LogP contribution in [0.3, 0.4) is 0 Å². The number of carboxylic acid groups (broad SMARTS) is 1. The molecule has 2 aliphatic rings. The summed E-state index contributed by atoms with van der Waals surface area (Å²) in [7, 11) is 0. The predicted molar refractivity (Wildman–Crippen MR) is 161 cm³/mol. The lowest BCUT2D eigenvalue weighted by Crippen LogP contribution is -2.47. The molecular formula is C32H31F4N5O4. The fraction of sp³-hybridized carbons (Fsp3) is 0.344. The van der Waals surface area contributed by atoms with Gasteiger partial charge < -0.3 is 24.2 Å². The smallest absolute Gasteiger partial charge is 0.477 e. The number of carboxylic acids is 1. The number of benzene rings is 2. The third kappa shape index (κ3) is 6.30. The highest BCUT2D eigenvalue weighted by atomic mass is 19.4. The van der Waals surface area contributed by atoms with E-state index in [1.165, 1.54) is 4.90 Å². The van der Waals surface area contributed by atoms with Crippen LogP contribution in [0.1, 0.15) is 34.5 Å². The second-order valence-electron chi connectivity index (χ2n) is 11.3. The number of fused-ring (bicyclic) bond motifs is 1. The number of pyridine rings is 2. The van der Waals surface area contributed by atoms with Gasteiger partial charge in [0.05, 0.1) is 5.39 Å². The fourth-order valence-corrected chi connectivity index (χ4v) is 6.10. The van der Waals surface area contributed by atoms with Gasteiger partial charge >= 0.3 is 12.3 Å². The number of carbonyl (C=O) groups is 1. The van der Waals surface area contributed by atoms with Crippen LogP contribution in [0.25, 0.3) is 16.6 Å². The summed E-state index contributed by atoms with van der Waals surface area (Å²) in [5, 5.41) is 9.24. The fourth-order valence-electron chi connectivity index (χ4n) is 6.10. The third-order valence-electron chi connectivity index (χ3n) is 8.23. The number of nitrogens with zero attached hydrogens (tertiary/aromatic N) is 5. The number of aryl methyl sites for hydroxylation is 1. The summed E-state index contributed by atoms with van der Waals surface area (Å²) < 4.78 is 63.5. The number of aromatic carboxylic acids is 1. The second-order valence-corrected chi connectivity index (χ2v) is 11.3. The number of anilines is 2. The molecule has 2 aliphatic heterocycles. The van der Waals surface area contributed by atoms with Crippen molar-refractivity contribution in [3.8, 4) is 11.4 Å². The summed E-state index contributed by atoms with van der Waals surface area (Å²) in [4.78, 5) is 35.5. The Kier molecular flexibility index (Phi) is 8.12. The summed E-state index contributed by atoms with van der Waals surface area (Å²) in [6.45, 7) is 5.41. The zero-order chi connectivity index (χ0) is 31.9. The molecule has 4 aromatic rings. The molecule has 236 valence electrons. The number of aromatic nitrogens is 2. The summed E-state index contributed by atoms with van der Waals surface area (Å²) >= 11 is 0. The van der Waals surface area contributed by atoms with Crippen molar-refractivity contribution >= 4 is 28.4 Å². The van der Waals surface area contributed by atoms with Gasteiger partial charge in [0.2, 0.25) is 5.43 Å². The molecule has 9 nitrogen and oxygen atoms in total. The van der Waals surface area contributed by atoms with E-state index in [9.17, 15) is 27.9 Å². The van der Waals surface area contributed by atoms with Crippen molar-refractivity contribution in [2.75, 3.05) is 49.1 Å². The zero-order valence-electron chi connectivity index (χ0n) is 24.5. The molecule has 0 amide bonds. The molecule has 6 rings (SSSR count). The largest absolute Gasteiger partial charge is 0.573 e. The molecule has 2 aromatic carbocycles. The maximum atomic E-state index is 15.9. The molecule has 4 heterocycles. The van der Waals surface area contributed by atoms with Crippen molar-refractivity contribution < 1.29 is 32.2 Å². The molecule has 0 unspecified atom stereocenters. The number of ether oxygens (including phenoxy) is 1. The minimum Gasteiger partial charge on any atom is -0.477 e. The quantitative estimate of drug-likeness (QED) is 0.275. The van der Waals surface area contributed by atoms with Crippen LogP contribution < -0.4 is 20.0 Å². The highest BCUT2D eigenvalue weighted by molar-refractivity contribution is 5.98. The Morgan fingerprint density at radius 3 is 2.27 bits per heavy atom. The van der Waals surface area contributed by atoms with E-state index in [2.05, 4.69) is 14.6 Å². The van der Waals surface area contributed by atoms with Gasteiger partial charge in [0.25, 0.3) is 0 Å². The summed E-state index contributed by atoms with van der Waals surface area (Å²) in [6, 6.07) is 13.2. The monoisotopic (exact) mass is 625 g/mol. The molecule has 0 spiro atoms. The van der Waals surface area contributed by atoms with E-state index < -0.39 is 46.0 Å². The lowest BCUT2D eigenvalue weighted by molar-refractivity contribution is -0.274. The highest BCUT2D eigenvalue weighted by Gasteiger charge is 2.37. The molecule has 45 heavy (non-hydrogen) atoms. The van der Waals surface area contributed by atoms with Crippen LogP contribution in [0.4, 0.5) is 29.1 Å². The SMILES string of the molecule is Cc1cccc(N2CCN(c3c(F)cc4c(=O)c(C(=O)O)cn(-c5ccc(CN6CCCC6)cc5)c4c3OC(F)(F)F)CC2)n1. The topological polar surface area (TPSA) is 91.1 Å². The van der Waals surface area contributed by atoms with Crippen LogP contribution in [0.5, 0.6) is 5.75 Å². The first-order valence-electron chi connectivity index (χ1n) is 14.6. The number of piperazine rings is 1. The van der Waals surface area contributed by atoms with E-state index in [1.54, 1.807) is 24.3 Å². The van der Waals surface area contributed by atoms with Crippen molar-refractivity contribution in [1.29, 1.82) is 0 Å². The maximum Gasteiger partial charge on any atom is 0.573 e. The molecule has 13 heteroatoms. The van der Waals surface area contributed by atoms with Gasteiger partial charge in [-0.2, -0.15) is 0 Å². The van der Waals surface area contributed by atoms with E-state index >= 15 is 4.39 Å². The molecule has 2 aromatic heterocycles. The number of halogens is 4. The molecular weight excluding hydrogens is 594 g/mol. The lowest BCUT2D eigenvalue weighted by Gasteiger charge is -2.37. The third-order valence-corrected chi connectivity index (χ3v) is 8.23. The highest BCUT2D eigenvalue weighted by Crippen LogP contribution is 2.42. The first-order valence-corrected chi connectivity index (χ1v) is 14.6. The standard InChI is InChI=1S/C32H31F4N5O4/c1-20-5-4-6-26(37-20)39-13-15-40(16-14-39)28-25(33)17-23-27(30(28)45-32(34,35)36)41(19-24(29(23)42)31(43)44)22-9-7-21(8-10-22)18-38-11-2-3-12-38/h4-10,17,19H,2-3,11-16,18H2,1H3,(H,43,44). The number of rotatable bonds is 7. The van der Waals surface area contributed by atoms with Gasteiger partial charge in [-0.3, -0.25) is 9.69 Å². The minimum absolute atomic E-state index is 0.134.